The van der Waals surface area contributed by atoms with Crippen LogP contribution in [0.4, 0.5) is 0 Å². The summed E-state index contributed by atoms with van der Waals surface area (Å²) >= 11 is 7.53. The van der Waals surface area contributed by atoms with Crippen LogP contribution in [0.25, 0.3) is 10.9 Å². The van der Waals surface area contributed by atoms with E-state index in [1.165, 1.54) is 11.3 Å². The van der Waals surface area contributed by atoms with Crippen LogP contribution in [0, 0.1) is 0 Å². The van der Waals surface area contributed by atoms with Gasteiger partial charge in [-0.25, -0.2) is 4.98 Å². The van der Waals surface area contributed by atoms with Crippen molar-refractivity contribution in [2.75, 3.05) is 27.8 Å². The Morgan fingerprint density at radius 1 is 1.11 bits per heavy atom. The molecule has 1 saturated carbocycles. The maximum Gasteiger partial charge on any atom is 0.280 e. The molecule has 200 valence electrons. The SMILES string of the molecule is CO[C@H]1C[C@@H](NC(=O)c2cc3cc(Cl)ccc3[nH]2)[C@@H](NC(=O)c2nc3c(s2)CN(C)CC3)C[C@H]1OC.Cl. The number of nitrogens with zero attached hydrogens (tertiary/aromatic N) is 2. The van der Waals surface area contributed by atoms with Crippen LogP contribution in [0.15, 0.2) is 24.3 Å². The predicted molar refractivity (Wildman–Crippen MR) is 146 cm³/mol. The fourth-order valence-corrected chi connectivity index (χ4v) is 6.34. The standard InChI is InChI=1S/C25H30ClN5O4S.ClH/c1-31-7-6-16-22(12-31)36-25(30-16)24(33)29-18-11-21(35-3)20(34-2)10-17(18)28-23(32)19-9-13-8-14(26)4-5-15(13)27-19;/h4-5,8-9,17-18,20-21,27H,6-7,10-12H2,1-3H3,(H,28,32)(H,29,33);1H/t17-,18+,20+,21-;/m1./s1. The molecule has 3 heterocycles. The minimum atomic E-state index is -0.353. The van der Waals surface area contributed by atoms with Gasteiger partial charge in [-0.1, -0.05) is 11.6 Å². The van der Waals surface area contributed by atoms with Gasteiger partial charge in [0.05, 0.1) is 30.0 Å². The molecule has 9 nitrogen and oxygen atoms in total. The van der Waals surface area contributed by atoms with Crippen molar-refractivity contribution < 1.29 is 19.1 Å². The van der Waals surface area contributed by atoms with Crippen LogP contribution in [-0.2, 0) is 22.4 Å². The molecule has 4 atom stereocenters. The van der Waals surface area contributed by atoms with Gasteiger partial charge >= 0.3 is 0 Å². The normalized spacial score (nSPS) is 23.8. The summed E-state index contributed by atoms with van der Waals surface area (Å²) in [7, 11) is 5.33. The number of carbonyl (C=O) groups excluding carboxylic acids is 2. The van der Waals surface area contributed by atoms with Crippen LogP contribution < -0.4 is 10.6 Å². The van der Waals surface area contributed by atoms with Crippen molar-refractivity contribution in [1.82, 2.24) is 25.5 Å². The van der Waals surface area contributed by atoms with E-state index in [9.17, 15) is 9.59 Å². The number of H-pyrrole nitrogens is 1. The average molecular weight is 569 g/mol. The number of aromatic nitrogens is 2. The third-order valence-electron chi connectivity index (χ3n) is 7.06. The molecule has 3 N–H and O–H groups in total. The van der Waals surface area contributed by atoms with Crippen LogP contribution in [0.5, 0.6) is 0 Å². The third kappa shape index (κ3) is 5.94. The molecule has 2 amide bonds. The molecule has 1 aliphatic heterocycles. The van der Waals surface area contributed by atoms with Gasteiger partial charge < -0.3 is 30.0 Å². The lowest BCUT2D eigenvalue weighted by Crippen LogP contribution is -2.59. The van der Waals surface area contributed by atoms with Crippen molar-refractivity contribution in [3.05, 3.63) is 50.6 Å². The Labute approximate surface area is 230 Å². The molecule has 0 spiro atoms. The van der Waals surface area contributed by atoms with Crippen LogP contribution >= 0.6 is 35.3 Å². The number of halogens is 2. The molecule has 0 radical (unpaired) electrons. The first-order valence-corrected chi connectivity index (χ1v) is 13.2. The van der Waals surface area contributed by atoms with E-state index in [1.807, 2.05) is 12.1 Å². The van der Waals surface area contributed by atoms with Gasteiger partial charge in [-0.3, -0.25) is 9.59 Å². The minimum absolute atomic E-state index is 0. The van der Waals surface area contributed by atoms with Crippen molar-refractivity contribution >= 4 is 58.1 Å². The Kier molecular flexibility index (Phi) is 8.77. The summed E-state index contributed by atoms with van der Waals surface area (Å²) in [5.74, 6) is -0.489. The summed E-state index contributed by atoms with van der Waals surface area (Å²) in [6.45, 7) is 1.74. The van der Waals surface area contributed by atoms with Gasteiger partial charge in [0.25, 0.3) is 11.8 Å². The quantitative estimate of drug-likeness (QED) is 0.421. The molecule has 12 heteroatoms. The highest BCUT2D eigenvalue weighted by Crippen LogP contribution is 2.28. The predicted octanol–water partition coefficient (Wildman–Crippen LogP) is 3.41. The van der Waals surface area contributed by atoms with Crippen molar-refractivity contribution in [3.63, 3.8) is 0 Å². The molecule has 37 heavy (non-hydrogen) atoms. The molecule has 5 rings (SSSR count). The van der Waals surface area contributed by atoms with E-state index in [0.717, 1.165) is 41.0 Å². The zero-order chi connectivity index (χ0) is 25.4. The monoisotopic (exact) mass is 567 g/mol. The molecule has 0 unspecified atom stereocenters. The van der Waals surface area contributed by atoms with Crippen molar-refractivity contribution in [1.29, 1.82) is 0 Å². The number of amides is 2. The van der Waals surface area contributed by atoms with Gasteiger partial charge in [0.2, 0.25) is 0 Å². The number of likely N-dealkylation sites (N-methyl/N-ethyl adjacent to an activating group) is 1. The van der Waals surface area contributed by atoms with Crippen molar-refractivity contribution in [3.8, 4) is 0 Å². The third-order valence-corrected chi connectivity index (χ3v) is 8.37. The summed E-state index contributed by atoms with van der Waals surface area (Å²) in [4.78, 5) is 37.5. The number of thiazole rings is 1. The highest BCUT2D eigenvalue weighted by Gasteiger charge is 2.40. The Morgan fingerprint density at radius 3 is 2.46 bits per heavy atom. The maximum atomic E-state index is 13.2. The second kappa shape index (κ2) is 11.7. The molecule has 1 aliphatic carbocycles. The smallest absolute Gasteiger partial charge is 0.280 e. The van der Waals surface area contributed by atoms with Crippen LogP contribution in [0.1, 0.15) is 43.7 Å². The highest BCUT2D eigenvalue weighted by atomic mass is 35.5. The molecule has 0 bridgehead atoms. The Morgan fingerprint density at radius 2 is 1.78 bits per heavy atom. The summed E-state index contributed by atoms with van der Waals surface area (Å²) in [6.07, 6.45) is 1.42. The fourth-order valence-electron chi connectivity index (χ4n) is 5.07. The molecule has 2 aromatic heterocycles. The topological polar surface area (TPSA) is 109 Å². The number of hydrogen-bond acceptors (Lipinski definition) is 7. The van der Waals surface area contributed by atoms with E-state index in [2.05, 4.69) is 32.5 Å². The second-order valence-electron chi connectivity index (χ2n) is 9.47. The largest absolute Gasteiger partial charge is 0.379 e. The van der Waals surface area contributed by atoms with E-state index in [0.29, 0.717) is 28.6 Å². The Balaban J connectivity index is 0.00000320. The lowest BCUT2D eigenvalue weighted by Gasteiger charge is -2.40. The Bertz CT molecular complexity index is 1280. The van der Waals surface area contributed by atoms with Crippen molar-refractivity contribution in [2.24, 2.45) is 0 Å². The number of ether oxygens (including phenoxy) is 2. The number of methoxy groups -OCH3 is 2. The highest BCUT2D eigenvalue weighted by molar-refractivity contribution is 7.13. The van der Waals surface area contributed by atoms with Gasteiger partial charge in [-0.05, 0) is 44.2 Å². The number of aromatic amines is 1. The molecular formula is C25H31Cl2N5O4S. The number of benzene rings is 1. The van der Waals surface area contributed by atoms with Crippen molar-refractivity contribution in [2.45, 2.75) is 50.1 Å². The summed E-state index contributed by atoms with van der Waals surface area (Å²) in [5.41, 5.74) is 2.26. The summed E-state index contributed by atoms with van der Waals surface area (Å²) in [5, 5.41) is 8.14. The van der Waals surface area contributed by atoms with Crippen LogP contribution in [-0.4, -0.2) is 78.8 Å². The lowest BCUT2D eigenvalue weighted by atomic mass is 9.85. The zero-order valence-corrected chi connectivity index (χ0v) is 23.3. The minimum Gasteiger partial charge on any atom is -0.379 e. The van der Waals surface area contributed by atoms with Gasteiger partial charge in [-0.15, -0.1) is 23.7 Å². The molecular weight excluding hydrogens is 537 g/mol. The maximum absolute atomic E-state index is 13.2. The van der Waals surface area contributed by atoms with E-state index in [4.69, 9.17) is 21.1 Å². The molecule has 0 saturated heterocycles. The number of nitrogens with one attached hydrogen (secondary N) is 3. The first-order valence-electron chi connectivity index (χ1n) is 12.0. The van der Waals surface area contributed by atoms with E-state index < -0.39 is 0 Å². The van der Waals surface area contributed by atoms with Gasteiger partial charge in [0, 0.05) is 54.5 Å². The molecule has 3 aromatic rings. The number of fused-ring (bicyclic) bond motifs is 2. The van der Waals surface area contributed by atoms with E-state index in [-0.39, 0.29) is 48.5 Å². The number of hydrogen-bond donors (Lipinski definition) is 3. The molecule has 1 aromatic carbocycles. The molecule has 2 aliphatic rings. The first-order chi connectivity index (χ1) is 17.3. The second-order valence-corrected chi connectivity index (χ2v) is 11.0. The average Bonchev–Trinajstić information content (AvgIpc) is 3.48. The summed E-state index contributed by atoms with van der Waals surface area (Å²) in [6, 6.07) is 6.50. The Hall–Kier alpha value is -2.21. The number of rotatable bonds is 6. The summed E-state index contributed by atoms with van der Waals surface area (Å²) < 4.78 is 11.3. The van der Waals surface area contributed by atoms with Gasteiger partial charge in [-0.2, -0.15) is 0 Å². The molecule has 1 fully saturated rings. The lowest BCUT2D eigenvalue weighted by molar-refractivity contribution is -0.0709. The number of carbonyl (C=O) groups is 2. The van der Waals surface area contributed by atoms with E-state index in [1.54, 1.807) is 26.4 Å². The van der Waals surface area contributed by atoms with Crippen LogP contribution in [0.3, 0.4) is 0 Å². The zero-order valence-electron chi connectivity index (χ0n) is 20.9. The van der Waals surface area contributed by atoms with E-state index >= 15 is 0 Å². The first kappa shape index (κ1) is 27.8. The van der Waals surface area contributed by atoms with Crippen LogP contribution in [0.2, 0.25) is 5.02 Å². The van der Waals surface area contributed by atoms with Gasteiger partial charge in [0.1, 0.15) is 5.69 Å². The van der Waals surface area contributed by atoms with Gasteiger partial charge in [0.15, 0.2) is 5.01 Å². The fraction of sp³-hybridized carbons (Fsp3) is 0.480.